The van der Waals surface area contributed by atoms with Gasteiger partial charge in [-0.3, -0.25) is 0 Å². The van der Waals surface area contributed by atoms with E-state index in [1.165, 1.54) is 18.4 Å². The van der Waals surface area contributed by atoms with Crippen LogP contribution in [-0.4, -0.2) is 39.5 Å². The number of hydrogen-bond donors (Lipinski definition) is 1. The Balaban J connectivity index is 1.71. The third-order valence-electron chi connectivity index (χ3n) is 4.46. The normalized spacial score (nSPS) is 21.2. The molecule has 1 aromatic rings. The van der Waals surface area contributed by atoms with Gasteiger partial charge in [-0.1, -0.05) is 6.07 Å². The summed E-state index contributed by atoms with van der Waals surface area (Å²) >= 11 is 0. The van der Waals surface area contributed by atoms with Crippen molar-refractivity contribution < 1.29 is 14.2 Å². The molecule has 0 spiro atoms. The van der Waals surface area contributed by atoms with Crippen LogP contribution in [0.25, 0.3) is 0 Å². The van der Waals surface area contributed by atoms with Crippen LogP contribution in [-0.2, 0) is 4.74 Å². The van der Waals surface area contributed by atoms with Gasteiger partial charge in [-0.2, -0.15) is 0 Å². The van der Waals surface area contributed by atoms with E-state index in [0.29, 0.717) is 5.92 Å². The zero-order valence-corrected chi connectivity index (χ0v) is 12.8. The molecule has 2 heterocycles. The third-order valence-corrected chi connectivity index (χ3v) is 4.46. The molecule has 3 rings (SSSR count). The SMILES string of the molecule is COc1cc(C2CCNCC2)ccc1OC1CCOCC1. The van der Waals surface area contributed by atoms with E-state index in [2.05, 4.69) is 23.5 Å². The van der Waals surface area contributed by atoms with Crippen molar-refractivity contribution in [2.24, 2.45) is 0 Å². The van der Waals surface area contributed by atoms with Crippen LogP contribution in [0, 0.1) is 0 Å². The molecule has 1 N–H and O–H groups in total. The zero-order valence-electron chi connectivity index (χ0n) is 12.8. The predicted octanol–water partition coefficient (Wildman–Crippen LogP) is 2.72. The minimum absolute atomic E-state index is 0.248. The lowest BCUT2D eigenvalue weighted by molar-refractivity contribution is 0.0245. The smallest absolute Gasteiger partial charge is 0.161 e. The van der Waals surface area contributed by atoms with Gasteiger partial charge in [0.1, 0.15) is 6.10 Å². The Bertz CT molecular complexity index is 451. The van der Waals surface area contributed by atoms with Crippen LogP contribution < -0.4 is 14.8 Å². The molecule has 2 aliphatic heterocycles. The van der Waals surface area contributed by atoms with Crippen molar-refractivity contribution in [3.8, 4) is 11.5 Å². The van der Waals surface area contributed by atoms with Gasteiger partial charge in [-0.15, -0.1) is 0 Å². The minimum atomic E-state index is 0.248. The van der Waals surface area contributed by atoms with E-state index in [4.69, 9.17) is 14.2 Å². The summed E-state index contributed by atoms with van der Waals surface area (Å²) in [5.41, 5.74) is 1.37. The molecular formula is C17H25NO3. The fourth-order valence-electron chi connectivity index (χ4n) is 3.16. The monoisotopic (exact) mass is 291 g/mol. The molecular weight excluding hydrogens is 266 g/mol. The molecule has 1 aromatic carbocycles. The Kier molecular flexibility index (Phi) is 4.99. The number of nitrogens with one attached hydrogen (secondary N) is 1. The summed E-state index contributed by atoms with van der Waals surface area (Å²) in [5, 5.41) is 3.41. The minimum Gasteiger partial charge on any atom is -0.493 e. The van der Waals surface area contributed by atoms with E-state index in [9.17, 15) is 0 Å². The first kappa shape index (κ1) is 14.7. The summed E-state index contributed by atoms with van der Waals surface area (Å²) in [6.07, 6.45) is 4.56. The van der Waals surface area contributed by atoms with Crippen LogP contribution in [0.1, 0.15) is 37.2 Å². The van der Waals surface area contributed by atoms with Crippen molar-refractivity contribution in [1.29, 1.82) is 0 Å². The molecule has 116 valence electrons. The summed E-state index contributed by atoms with van der Waals surface area (Å²) in [7, 11) is 1.72. The lowest BCUT2D eigenvalue weighted by Crippen LogP contribution is -2.27. The molecule has 2 fully saturated rings. The van der Waals surface area contributed by atoms with Crippen LogP contribution in [0.15, 0.2) is 18.2 Å². The number of ether oxygens (including phenoxy) is 3. The lowest BCUT2D eigenvalue weighted by atomic mass is 9.90. The van der Waals surface area contributed by atoms with Gasteiger partial charge in [0.05, 0.1) is 20.3 Å². The van der Waals surface area contributed by atoms with Crippen molar-refractivity contribution in [2.45, 2.75) is 37.7 Å². The number of rotatable bonds is 4. The highest BCUT2D eigenvalue weighted by atomic mass is 16.5. The Morgan fingerprint density at radius 1 is 1.05 bits per heavy atom. The van der Waals surface area contributed by atoms with E-state index < -0.39 is 0 Å². The quantitative estimate of drug-likeness (QED) is 0.926. The van der Waals surface area contributed by atoms with Crippen molar-refractivity contribution in [3.05, 3.63) is 23.8 Å². The summed E-state index contributed by atoms with van der Waals surface area (Å²) in [6.45, 7) is 3.79. The fourth-order valence-corrected chi connectivity index (χ4v) is 3.16. The van der Waals surface area contributed by atoms with Crippen LogP contribution in [0.2, 0.25) is 0 Å². The largest absolute Gasteiger partial charge is 0.493 e. The van der Waals surface area contributed by atoms with E-state index in [1.54, 1.807) is 7.11 Å². The zero-order chi connectivity index (χ0) is 14.5. The molecule has 0 atom stereocenters. The van der Waals surface area contributed by atoms with Gasteiger partial charge in [-0.25, -0.2) is 0 Å². The van der Waals surface area contributed by atoms with Gasteiger partial charge >= 0.3 is 0 Å². The molecule has 0 bridgehead atoms. The molecule has 0 unspecified atom stereocenters. The summed E-state index contributed by atoms with van der Waals surface area (Å²) in [6, 6.07) is 6.43. The van der Waals surface area contributed by atoms with Crippen molar-refractivity contribution in [2.75, 3.05) is 33.4 Å². The lowest BCUT2D eigenvalue weighted by Gasteiger charge is -2.26. The molecule has 4 nitrogen and oxygen atoms in total. The van der Waals surface area contributed by atoms with Gasteiger partial charge in [-0.05, 0) is 49.5 Å². The topological polar surface area (TPSA) is 39.7 Å². The third kappa shape index (κ3) is 3.69. The first-order valence-electron chi connectivity index (χ1n) is 8.00. The number of piperidine rings is 1. The predicted molar refractivity (Wildman–Crippen MR) is 82.3 cm³/mol. The Labute approximate surface area is 126 Å². The average Bonchev–Trinajstić information content (AvgIpc) is 2.57. The molecule has 0 saturated carbocycles. The molecule has 0 radical (unpaired) electrons. The maximum absolute atomic E-state index is 6.10. The van der Waals surface area contributed by atoms with Crippen LogP contribution in [0.4, 0.5) is 0 Å². The average molecular weight is 291 g/mol. The van der Waals surface area contributed by atoms with Crippen LogP contribution >= 0.6 is 0 Å². The van der Waals surface area contributed by atoms with E-state index in [0.717, 1.165) is 50.6 Å². The summed E-state index contributed by atoms with van der Waals surface area (Å²) in [5.74, 6) is 2.36. The molecule has 2 aliphatic rings. The van der Waals surface area contributed by atoms with Gasteiger partial charge in [0.25, 0.3) is 0 Å². The molecule has 4 heteroatoms. The number of benzene rings is 1. The second kappa shape index (κ2) is 7.14. The second-order valence-electron chi connectivity index (χ2n) is 5.86. The summed E-state index contributed by atoms with van der Waals surface area (Å²) < 4.78 is 17.0. The second-order valence-corrected chi connectivity index (χ2v) is 5.86. The van der Waals surface area contributed by atoms with Crippen LogP contribution in [0.3, 0.4) is 0 Å². The maximum Gasteiger partial charge on any atom is 0.161 e. The van der Waals surface area contributed by atoms with Gasteiger partial charge in [0.2, 0.25) is 0 Å². The molecule has 0 amide bonds. The highest BCUT2D eigenvalue weighted by Crippen LogP contribution is 2.35. The molecule has 21 heavy (non-hydrogen) atoms. The van der Waals surface area contributed by atoms with E-state index in [-0.39, 0.29) is 6.10 Å². The van der Waals surface area contributed by atoms with Crippen molar-refractivity contribution in [1.82, 2.24) is 5.32 Å². The highest BCUT2D eigenvalue weighted by molar-refractivity contribution is 5.44. The summed E-state index contributed by atoms with van der Waals surface area (Å²) in [4.78, 5) is 0. The Morgan fingerprint density at radius 3 is 2.52 bits per heavy atom. The van der Waals surface area contributed by atoms with Gasteiger partial charge < -0.3 is 19.5 Å². The Hall–Kier alpha value is -1.26. The highest BCUT2D eigenvalue weighted by Gasteiger charge is 2.20. The number of methoxy groups -OCH3 is 1. The Morgan fingerprint density at radius 2 is 1.81 bits per heavy atom. The van der Waals surface area contributed by atoms with E-state index >= 15 is 0 Å². The first-order valence-corrected chi connectivity index (χ1v) is 8.00. The molecule has 0 aromatic heterocycles. The van der Waals surface area contributed by atoms with Crippen molar-refractivity contribution >= 4 is 0 Å². The van der Waals surface area contributed by atoms with E-state index in [1.807, 2.05) is 0 Å². The van der Waals surface area contributed by atoms with Gasteiger partial charge in [0.15, 0.2) is 11.5 Å². The molecule has 2 saturated heterocycles. The fraction of sp³-hybridized carbons (Fsp3) is 0.647. The molecule has 0 aliphatic carbocycles. The van der Waals surface area contributed by atoms with Crippen molar-refractivity contribution in [3.63, 3.8) is 0 Å². The standard InChI is InChI=1S/C17H25NO3/c1-19-17-12-14(13-4-8-18-9-5-13)2-3-16(17)21-15-6-10-20-11-7-15/h2-3,12-13,15,18H,4-11H2,1H3. The van der Waals surface area contributed by atoms with Gasteiger partial charge in [0, 0.05) is 12.8 Å². The first-order chi connectivity index (χ1) is 10.4. The maximum atomic E-state index is 6.10. The number of hydrogen-bond acceptors (Lipinski definition) is 4. The van der Waals surface area contributed by atoms with Crippen LogP contribution in [0.5, 0.6) is 11.5 Å².